The van der Waals surface area contributed by atoms with E-state index < -0.39 is 10.0 Å². The van der Waals surface area contributed by atoms with Crippen LogP contribution in [-0.2, 0) is 21.2 Å². The summed E-state index contributed by atoms with van der Waals surface area (Å²) in [6.45, 7) is 0.180. The highest BCUT2D eigenvalue weighted by Gasteiger charge is 2.32. The van der Waals surface area contributed by atoms with Gasteiger partial charge >= 0.3 is 0 Å². The quantitative estimate of drug-likeness (QED) is 0.799. The van der Waals surface area contributed by atoms with Crippen LogP contribution in [0.2, 0.25) is 0 Å². The molecule has 0 aliphatic heterocycles. The number of nitrogens with one attached hydrogen (secondary N) is 1. The Balaban J connectivity index is 2.15. The molecule has 0 radical (unpaired) electrons. The molecule has 0 amide bonds. The molecule has 18 heavy (non-hydrogen) atoms. The van der Waals surface area contributed by atoms with Crippen LogP contribution >= 0.6 is 0 Å². The number of hydrogen-bond donors (Lipinski definition) is 2. The number of hydrogen-bond acceptors (Lipinski definition) is 4. The number of methoxy groups -OCH3 is 1. The lowest BCUT2D eigenvalue weighted by Gasteiger charge is -2.18. The summed E-state index contributed by atoms with van der Waals surface area (Å²) in [4.78, 5) is 0. The molecule has 3 N–H and O–H groups in total. The van der Waals surface area contributed by atoms with Gasteiger partial charge in [-0.25, -0.2) is 13.1 Å². The first-order valence-corrected chi connectivity index (χ1v) is 7.51. The molecule has 1 aliphatic rings. The lowest BCUT2D eigenvalue weighted by Crippen LogP contribution is -2.40. The molecule has 1 aromatic carbocycles. The van der Waals surface area contributed by atoms with Crippen molar-refractivity contribution in [3.8, 4) is 0 Å². The molecule has 5 nitrogen and oxygen atoms in total. The van der Waals surface area contributed by atoms with Crippen LogP contribution in [0.25, 0.3) is 0 Å². The lowest BCUT2D eigenvalue weighted by molar-refractivity contribution is 0.216. The van der Waals surface area contributed by atoms with Crippen molar-refractivity contribution in [1.29, 1.82) is 0 Å². The monoisotopic (exact) mass is 270 g/mol. The van der Waals surface area contributed by atoms with Crippen molar-refractivity contribution in [3.63, 3.8) is 0 Å². The maximum atomic E-state index is 11.9. The predicted molar refractivity (Wildman–Crippen MR) is 69.7 cm³/mol. The fourth-order valence-corrected chi connectivity index (χ4v) is 3.41. The van der Waals surface area contributed by atoms with E-state index in [9.17, 15) is 8.42 Å². The Morgan fingerprint density at radius 1 is 1.44 bits per heavy atom. The summed E-state index contributed by atoms with van der Waals surface area (Å²) in [5, 5.41) is 0. The zero-order valence-electron chi connectivity index (χ0n) is 10.3. The Labute approximate surface area is 107 Å². The fraction of sp³-hybridized carbons (Fsp3) is 0.500. The molecule has 6 heteroatoms. The Morgan fingerprint density at radius 2 is 2.17 bits per heavy atom. The minimum atomic E-state index is -3.36. The second kappa shape index (κ2) is 5.36. The number of benzene rings is 1. The second-order valence-electron chi connectivity index (χ2n) is 4.47. The van der Waals surface area contributed by atoms with Crippen molar-refractivity contribution < 1.29 is 13.2 Å². The van der Waals surface area contributed by atoms with Crippen LogP contribution in [0.5, 0.6) is 0 Å². The maximum absolute atomic E-state index is 11.9. The van der Waals surface area contributed by atoms with Crippen LogP contribution in [0.4, 0.5) is 0 Å². The Kier molecular flexibility index (Phi) is 4.01. The van der Waals surface area contributed by atoms with Gasteiger partial charge in [-0.05, 0) is 17.5 Å². The molecule has 1 aliphatic carbocycles. The topological polar surface area (TPSA) is 81.4 Å². The molecule has 1 aromatic rings. The molecule has 2 unspecified atom stereocenters. The van der Waals surface area contributed by atoms with E-state index in [0.29, 0.717) is 6.42 Å². The van der Waals surface area contributed by atoms with Crippen molar-refractivity contribution in [3.05, 3.63) is 35.4 Å². The van der Waals surface area contributed by atoms with E-state index in [1.54, 1.807) is 0 Å². The van der Waals surface area contributed by atoms with Gasteiger partial charge in [0.2, 0.25) is 10.0 Å². The van der Waals surface area contributed by atoms with Crippen LogP contribution < -0.4 is 10.5 Å². The standard InChI is InChI=1S/C12H18N2O3S/c1-17-6-7-18(15,16)14-12-10-5-3-2-4-9(10)8-11(12)13/h2-5,11-12,14H,6-8,13H2,1H3. The highest BCUT2D eigenvalue weighted by molar-refractivity contribution is 7.89. The summed E-state index contributed by atoms with van der Waals surface area (Å²) in [5.74, 6) is -0.0467. The van der Waals surface area contributed by atoms with Crippen LogP contribution in [-0.4, -0.2) is 33.9 Å². The maximum Gasteiger partial charge on any atom is 0.214 e. The van der Waals surface area contributed by atoms with Gasteiger partial charge in [0, 0.05) is 13.2 Å². The van der Waals surface area contributed by atoms with E-state index in [-0.39, 0.29) is 24.4 Å². The Bertz CT molecular complexity index is 516. The smallest absolute Gasteiger partial charge is 0.214 e. The zero-order valence-corrected chi connectivity index (χ0v) is 11.1. The molecule has 0 spiro atoms. The molecule has 0 fully saturated rings. The van der Waals surface area contributed by atoms with Gasteiger partial charge in [-0.15, -0.1) is 0 Å². The summed E-state index contributed by atoms with van der Waals surface area (Å²) in [6, 6.07) is 7.20. The molecular weight excluding hydrogens is 252 g/mol. The SMILES string of the molecule is COCCS(=O)(=O)NC1c2ccccc2CC1N. The fourth-order valence-electron chi connectivity index (χ4n) is 2.22. The number of nitrogens with two attached hydrogens (primary N) is 1. The summed E-state index contributed by atoms with van der Waals surface area (Å²) in [6.07, 6.45) is 0.702. The first-order valence-electron chi connectivity index (χ1n) is 5.86. The largest absolute Gasteiger partial charge is 0.384 e. The van der Waals surface area contributed by atoms with Crippen LogP contribution in [0.1, 0.15) is 17.2 Å². The van der Waals surface area contributed by atoms with Crippen LogP contribution in [0.15, 0.2) is 24.3 Å². The highest BCUT2D eigenvalue weighted by Crippen LogP contribution is 2.30. The van der Waals surface area contributed by atoms with Gasteiger partial charge in [0.05, 0.1) is 18.4 Å². The number of sulfonamides is 1. The molecular formula is C12H18N2O3S. The van der Waals surface area contributed by atoms with Gasteiger partial charge in [-0.3, -0.25) is 0 Å². The second-order valence-corrected chi connectivity index (χ2v) is 6.35. The normalized spacial score (nSPS) is 23.0. The van der Waals surface area contributed by atoms with Crippen molar-refractivity contribution in [1.82, 2.24) is 4.72 Å². The number of fused-ring (bicyclic) bond motifs is 1. The number of ether oxygens (including phenoxy) is 1. The van der Waals surface area contributed by atoms with Gasteiger partial charge in [0.1, 0.15) is 0 Å². The molecule has 0 aromatic heterocycles. The van der Waals surface area contributed by atoms with Gasteiger partial charge in [0.15, 0.2) is 0 Å². The van der Waals surface area contributed by atoms with Crippen molar-refractivity contribution in [2.45, 2.75) is 18.5 Å². The summed E-state index contributed by atoms with van der Waals surface area (Å²) in [5.41, 5.74) is 8.10. The van der Waals surface area contributed by atoms with E-state index in [1.807, 2.05) is 24.3 Å². The van der Waals surface area contributed by atoms with Crippen molar-refractivity contribution in [2.24, 2.45) is 5.73 Å². The third-order valence-corrected chi connectivity index (χ3v) is 4.45. The molecule has 2 rings (SSSR count). The van der Waals surface area contributed by atoms with Crippen LogP contribution in [0.3, 0.4) is 0 Å². The van der Waals surface area contributed by atoms with Gasteiger partial charge < -0.3 is 10.5 Å². The van der Waals surface area contributed by atoms with Gasteiger partial charge in [-0.1, -0.05) is 24.3 Å². The minimum absolute atomic E-state index is 0.0467. The average molecular weight is 270 g/mol. The lowest BCUT2D eigenvalue weighted by atomic mass is 10.1. The molecule has 0 heterocycles. The molecule has 100 valence electrons. The summed E-state index contributed by atoms with van der Waals surface area (Å²) < 4.78 is 31.2. The first-order chi connectivity index (χ1) is 8.53. The Morgan fingerprint density at radius 3 is 2.89 bits per heavy atom. The van der Waals surface area contributed by atoms with E-state index in [4.69, 9.17) is 10.5 Å². The van der Waals surface area contributed by atoms with E-state index in [2.05, 4.69) is 4.72 Å². The van der Waals surface area contributed by atoms with E-state index >= 15 is 0 Å². The highest BCUT2D eigenvalue weighted by atomic mass is 32.2. The third kappa shape index (κ3) is 2.89. The zero-order chi connectivity index (χ0) is 13.2. The minimum Gasteiger partial charge on any atom is -0.384 e. The summed E-state index contributed by atoms with van der Waals surface area (Å²) >= 11 is 0. The molecule has 2 atom stereocenters. The van der Waals surface area contributed by atoms with Crippen molar-refractivity contribution in [2.75, 3.05) is 19.5 Å². The van der Waals surface area contributed by atoms with Crippen molar-refractivity contribution >= 4 is 10.0 Å². The molecule has 0 saturated heterocycles. The number of rotatable bonds is 5. The van der Waals surface area contributed by atoms with E-state index in [0.717, 1.165) is 11.1 Å². The van der Waals surface area contributed by atoms with Crippen LogP contribution in [0, 0.1) is 0 Å². The third-order valence-electron chi connectivity index (χ3n) is 3.14. The first kappa shape index (κ1) is 13.5. The van der Waals surface area contributed by atoms with E-state index in [1.165, 1.54) is 7.11 Å². The molecule has 0 saturated carbocycles. The molecule has 0 bridgehead atoms. The average Bonchev–Trinajstić information content (AvgIpc) is 2.63. The summed E-state index contributed by atoms with van der Waals surface area (Å²) in [7, 11) is -1.88. The van der Waals surface area contributed by atoms with Gasteiger partial charge in [0.25, 0.3) is 0 Å². The predicted octanol–water partition coefficient (Wildman–Crippen LogP) is 0.177. The van der Waals surface area contributed by atoms with Gasteiger partial charge in [-0.2, -0.15) is 0 Å². The Hall–Kier alpha value is -0.950.